The van der Waals surface area contributed by atoms with Crippen molar-refractivity contribution in [3.05, 3.63) is 108 Å². The molecule has 4 amide bonds. The van der Waals surface area contributed by atoms with Crippen molar-refractivity contribution in [3.63, 3.8) is 0 Å². The molecule has 2 saturated heterocycles. The molecule has 3 fully saturated rings. The van der Waals surface area contributed by atoms with Gasteiger partial charge in [0, 0.05) is 23.4 Å². The van der Waals surface area contributed by atoms with Gasteiger partial charge in [-0.05, 0) is 95.7 Å². The number of benzene rings is 5. The number of methoxy groups -OCH3 is 2. The number of fused-ring (bicyclic) bond motifs is 8. The van der Waals surface area contributed by atoms with E-state index < -0.39 is 24.3 Å². The van der Waals surface area contributed by atoms with Crippen molar-refractivity contribution in [2.24, 2.45) is 11.8 Å². The average molecular weight is 847 g/mol. The van der Waals surface area contributed by atoms with Gasteiger partial charge in [0.1, 0.15) is 23.7 Å². The molecule has 2 aromatic heterocycles. The van der Waals surface area contributed by atoms with Crippen molar-refractivity contribution in [1.82, 2.24) is 40.4 Å². The molecule has 6 atom stereocenters. The molecule has 322 valence electrons. The van der Waals surface area contributed by atoms with Crippen LogP contribution in [0.5, 0.6) is 0 Å². The minimum atomic E-state index is -0.885. The van der Waals surface area contributed by atoms with E-state index in [-0.39, 0.29) is 41.8 Å². The first kappa shape index (κ1) is 40.1. The molecule has 14 nitrogen and oxygen atoms in total. The number of alkyl carbamates (subject to hydrolysis) is 2. The van der Waals surface area contributed by atoms with E-state index in [4.69, 9.17) is 19.4 Å². The zero-order valence-corrected chi connectivity index (χ0v) is 35.7. The van der Waals surface area contributed by atoms with Crippen LogP contribution in [0, 0.1) is 11.8 Å². The number of amides is 4. The Hall–Kier alpha value is -6.96. The Balaban J connectivity index is 0.925. The van der Waals surface area contributed by atoms with E-state index >= 15 is 0 Å². The van der Waals surface area contributed by atoms with Crippen LogP contribution in [0.15, 0.2) is 91.0 Å². The lowest BCUT2D eigenvalue weighted by Crippen LogP contribution is -2.51. The van der Waals surface area contributed by atoms with Crippen LogP contribution < -0.4 is 10.6 Å². The van der Waals surface area contributed by atoms with Gasteiger partial charge >= 0.3 is 12.2 Å². The molecule has 2 bridgehead atoms. The summed E-state index contributed by atoms with van der Waals surface area (Å²) < 4.78 is 9.72. The zero-order valence-electron chi connectivity index (χ0n) is 35.7. The van der Waals surface area contributed by atoms with Gasteiger partial charge in [-0.2, -0.15) is 0 Å². The third-order valence-corrected chi connectivity index (χ3v) is 13.5. The summed E-state index contributed by atoms with van der Waals surface area (Å²) in [5.74, 6) is 1.34. The number of rotatable bonds is 9. The van der Waals surface area contributed by atoms with Crippen LogP contribution in [-0.4, -0.2) is 86.6 Å². The van der Waals surface area contributed by atoms with Crippen LogP contribution in [0.4, 0.5) is 9.59 Å². The molecule has 14 heteroatoms. The van der Waals surface area contributed by atoms with Crippen molar-refractivity contribution in [2.45, 2.75) is 76.2 Å². The number of H-pyrrole nitrogens is 2. The first-order chi connectivity index (χ1) is 30.6. The second kappa shape index (κ2) is 16.1. The van der Waals surface area contributed by atoms with Gasteiger partial charge < -0.3 is 39.9 Å². The standard InChI is InChI=1S/C49H50N8O6/c1-26(2)39(54-48(60)62-3)46(58)56-22-8-11-38(56)44-50-36-20-15-30-23-28(13-18-34(30)41(36)52-44)29-14-19-35-31(24-29)16-21-37-42(35)53-45(51-37)43-32-12-17-33(25-32)57(43)47(59)40(55-49(61)63-4)27-9-6-5-7-10-27/h5-7,9-10,13-16,18-21,23-24,26,32-33,38-40,43H,8,11-12,17,22,25H2,1-4H3,(H,50,52)(H,51,53)(H,54,60)(H,55,61)/t32-,33+,38+,39?,40-,43+/m1/s1. The molecule has 4 heterocycles. The van der Waals surface area contributed by atoms with Gasteiger partial charge in [-0.3, -0.25) is 9.59 Å². The van der Waals surface area contributed by atoms with Crippen molar-refractivity contribution in [1.29, 1.82) is 0 Å². The highest BCUT2D eigenvalue weighted by atomic mass is 16.5. The minimum absolute atomic E-state index is 0.0629. The van der Waals surface area contributed by atoms with Crippen LogP contribution in [0.2, 0.25) is 0 Å². The Morgan fingerprint density at radius 2 is 1.33 bits per heavy atom. The smallest absolute Gasteiger partial charge is 0.407 e. The van der Waals surface area contributed by atoms with Gasteiger partial charge in [0.15, 0.2) is 0 Å². The number of ether oxygens (including phenoxy) is 2. The van der Waals surface area contributed by atoms with E-state index in [2.05, 4.69) is 75.2 Å². The molecule has 7 aromatic rings. The van der Waals surface area contributed by atoms with E-state index in [1.54, 1.807) is 0 Å². The summed E-state index contributed by atoms with van der Waals surface area (Å²) in [5.41, 5.74) is 6.34. The Morgan fingerprint density at radius 1 is 0.714 bits per heavy atom. The summed E-state index contributed by atoms with van der Waals surface area (Å²) >= 11 is 0. The van der Waals surface area contributed by atoms with E-state index in [1.807, 2.05) is 60.0 Å². The molecule has 1 aliphatic carbocycles. The fraction of sp³-hybridized carbons (Fsp3) is 0.347. The first-order valence-electron chi connectivity index (χ1n) is 21.8. The molecule has 5 aromatic carbocycles. The Bertz CT molecular complexity index is 2930. The number of aromatic amines is 2. The summed E-state index contributed by atoms with van der Waals surface area (Å²) in [4.78, 5) is 74.0. The van der Waals surface area contributed by atoms with Crippen LogP contribution in [0.1, 0.15) is 81.3 Å². The largest absolute Gasteiger partial charge is 0.453 e. The molecule has 1 saturated carbocycles. The molecule has 1 unspecified atom stereocenters. The van der Waals surface area contributed by atoms with E-state index in [1.165, 1.54) is 14.2 Å². The van der Waals surface area contributed by atoms with Crippen LogP contribution in [-0.2, 0) is 19.1 Å². The Morgan fingerprint density at radius 3 is 1.97 bits per heavy atom. The van der Waals surface area contributed by atoms with Crippen molar-refractivity contribution in [3.8, 4) is 11.1 Å². The van der Waals surface area contributed by atoms with E-state index in [0.717, 1.165) is 98.5 Å². The van der Waals surface area contributed by atoms with Crippen LogP contribution >= 0.6 is 0 Å². The SMILES string of the molecule is COC(=O)NC(C(=O)N1CCC[C@H]1c1nc2c(ccc3cc(-c4ccc5c(ccc6[nH]c([C@@H]7[C@@H]8CC[C@@H](C8)N7C(=O)[C@H](NC(=O)OC)c7ccccc7)nc65)c4)ccc32)[nH]1)C(C)C. The fourth-order valence-corrected chi connectivity index (χ4v) is 10.4. The summed E-state index contributed by atoms with van der Waals surface area (Å²) in [6.45, 7) is 4.41. The predicted molar refractivity (Wildman–Crippen MR) is 239 cm³/mol. The van der Waals surface area contributed by atoms with Gasteiger partial charge in [0.2, 0.25) is 5.91 Å². The summed E-state index contributed by atoms with van der Waals surface area (Å²) in [6.07, 6.45) is 3.15. The maximum Gasteiger partial charge on any atom is 0.407 e. The monoisotopic (exact) mass is 846 g/mol. The number of hydrogen-bond acceptors (Lipinski definition) is 8. The molecule has 3 aliphatic rings. The lowest BCUT2D eigenvalue weighted by molar-refractivity contribution is -0.138. The topological polar surface area (TPSA) is 175 Å². The number of likely N-dealkylation sites (tertiary alicyclic amines) is 2. The second-order valence-corrected chi connectivity index (χ2v) is 17.5. The maximum atomic E-state index is 14.5. The molecule has 63 heavy (non-hydrogen) atoms. The highest BCUT2D eigenvalue weighted by Gasteiger charge is 2.51. The normalized spacial score (nSPS) is 20.5. The van der Waals surface area contributed by atoms with Crippen LogP contribution in [0.25, 0.3) is 54.7 Å². The fourth-order valence-electron chi connectivity index (χ4n) is 10.4. The molecule has 4 N–H and O–H groups in total. The molecule has 0 spiro atoms. The van der Waals surface area contributed by atoms with Crippen LogP contribution in [0.3, 0.4) is 0 Å². The number of aromatic nitrogens is 4. The second-order valence-electron chi connectivity index (χ2n) is 17.5. The Labute approximate surface area is 363 Å². The number of hydrogen-bond donors (Lipinski definition) is 4. The maximum absolute atomic E-state index is 14.5. The quantitative estimate of drug-likeness (QED) is 0.112. The highest BCUT2D eigenvalue weighted by molar-refractivity contribution is 6.07. The highest BCUT2D eigenvalue weighted by Crippen LogP contribution is 2.51. The lowest BCUT2D eigenvalue weighted by Gasteiger charge is -2.36. The van der Waals surface area contributed by atoms with Crippen molar-refractivity contribution in [2.75, 3.05) is 20.8 Å². The van der Waals surface area contributed by atoms with Gasteiger partial charge in [0.05, 0.1) is 48.4 Å². The predicted octanol–water partition coefficient (Wildman–Crippen LogP) is 8.61. The number of piperidine rings is 1. The molecular formula is C49H50N8O6. The zero-order chi connectivity index (χ0) is 43.5. The van der Waals surface area contributed by atoms with Gasteiger partial charge in [0.25, 0.3) is 5.91 Å². The number of nitrogens with zero attached hydrogens (tertiary/aromatic N) is 4. The third kappa shape index (κ3) is 7.07. The third-order valence-electron chi connectivity index (χ3n) is 13.5. The number of imidazole rings is 2. The Kier molecular flexibility index (Phi) is 10.2. The van der Waals surface area contributed by atoms with Crippen molar-refractivity contribution >= 4 is 67.6 Å². The molecule has 0 radical (unpaired) electrons. The van der Waals surface area contributed by atoms with E-state index in [0.29, 0.717) is 12.1 Å². The van der Waals surface area contributed by atoms with E-state index in [9.17, 15) is 19.2 Å². The number of carbonyl (C=O) groups excluding carboxylic acids is 4. The molecule has 2 aliphatic heterocycles. The summed E-state index contributed by atoms with van der Waals surface area (Å²) in [5, 5.41) is 9.64. The van der Waals surface area contributed by atoms with Gasteiger partial charge in [-0.25, -0.2) is 19.6 Å². The first-order valence-corrected chi connectivity index (χ1v) is 21.8. The summed E-state index contributed by atoms with van der Waals surface area (Å²) in [7, 11) is 2.60. The lowest BCUT2D eigenvalue weighted by atomic mass is 9.96. The van der Waals surface area contributed by atoms with Gasteiger partial charge in [-0.1, -0.05) is 80.6 Å². The minimum Gasteiger partial charge on any atom is -0.453 e. The molecular weight excluding hydrogens is 797 g/mol. The number of nitrogens with one attached hydrogen (secondary N) is 4. The average Bonchev–Trinajstić information content (AvgIpc) is 4.17. The summed E-state index contributed by atoms with van der Waals surface area (Å²) in [6, 6.07) is 28.5. The molecule has 10 rings (SSSR count). The van der Waals surface area contributed by atoms with Gasteiger partial charge in [-0.15, -0.1) is 0 Å². The van der Waals surface area contributed by atoms with Crippen molar-refractivity contribution < 1.29 is 28.7 Å². The number of carbonyl (C=O) groups is 4.